The summed E-state index contributed by atoms with van der Waals surface area (Å²) in [5, 5.41) is 9.10. The highest BCUT2D eigenvalue weighted by molar-refractivity contribution is 9.11. The number of aromatic amines is 1. The van der Waals surface area contributed by atoms with Crippen LogP contribution in [0, 0.1) is 25.2 Å². The summed E-state index contributed by atoms with van der Waals surface area (Å²) in [4.78, 5) is 29.6. The van der Waals surface area contributed by atoms with E-state index in [9.17, 15) is 9.59 Å². The maximum absolute atomic E-state index is 12.4. The van der Waals surface area contributed by atoms with Gasteiger partial charge in [-0.05, 0) is 59.5 Å². The molecule has 0 unspecified atom stereocenters. The van der Waals surface area contributed by atoms with Crippen LogP contribution in [-0.4, -0.2) is 22.8 Å². The van der Waals surface area contributed by atoms with Crippen molar-refractivity contribution in [3.63, 3.8) is 0 Å². The Bertz CT molecular complexity index is 864. The predicted octanol–water partition coefficient (Wildman–Crippen LogP) is 3.28. The van der Waals surface area contributed by atoms with Gasteiger partial charge in [0.2, 0.25) is 5.91 Å². The molecule has 7 heteroatoms. The van der Waals surface area contributed by atoms with Crippen molar-refractivity contribution in [2.75, 3.05) is 7.05 Å². The van der Waals surface area contributed by atoms with E-state index in [1.165, 1.54) is 0 Å². The molecule has 0 atom stereocenters. The minimum atomic E-state index is -0.372. The van der Waals surface area contributed by atoms with Gasteiger partial charge in [-0.2, -0.15) is 5.26 Å². The predicted molar refractivity (Wildman–Crippen MR) is 98.1 cm³/mol. The molecule has 0 spiro atoms. The minimum Gasteiger partial charge on any atom is -0.341 e. The van der Waals surface area contributed by atoms with Crippen molar-refractivity contribution < 1.29 is 4.79 Å². The van der Waals surface area contributed by atoms with Gasteiger partial charge in [0, 0.05) is 24.0 Å². The van der Waals surface area contributed by atoms with Crippen molar-refractivity contribution in [1.29, 1.82) is 5.26 Å². The Kier molecular flexibility index (Phi) is 5.97. The fraction of sp³-hybridized carbons (Fsp3) is 0.353. The lowest BCUT2D eigenvalue weighted by molar-refractivity contribution is -0.130. The molecule has 2 aromatic rings. The van der Waals surface area contributed by atoms with E-state index in [1.54, 1.807) is 37.1 Å². The molecule has 0 aliphatic carbocycles. The van der Waals surface area contributed by atoms with E-state index in [1.807, 2.05) is 18.2 Å². The maximum Gasteiger partial charge on any atom is 0.266 e. The highest BCUT2D eigenvalue weighted by atomic mass is 79.9. The van der Waals surface area contributed by atoms with E-state index in [2.05, 4.69) is 20.9 Å². The third kappa shape index (κ3) is 4.13. The lowest BCUT2D eigenvalue weighted by atomic mass is 9.99. The SMILES string of the molecule is Cc1[nH]c(=O)c(C#N)c(C)c1CCC(=O)N(C)Cc1ccc(Br)s1. The van der Waals surface area contributed by atoms with Gasteiger partial charge in [-0.3, -0.25) is 9.59 Å². The summed E-state index contributed by atoms with van der Waals surface area (Å²) >= 11 is 5.02. The van der Waals surface area contributed by atoms with Gasteiger partial charge in [-0.1, -0.05) is 0 Å². The molecular weight excluding hydrogens is 390 g/mol. The van der Waals surface area contributed by atoms with Crippen LogP contribution in [0.5, 0.6) is 0 Å². The Morgan fingerprint density at radius 1 is 1.42 bits per heavy atom. The number of hydrogen-bond donors (Lipinski definition) is 1. The fourth-order valence-corrected chi connectivity index (χ4v) is 4.14. The number of H-pyrrole nitrogens is 1. The number of aromatic nitrogens is 1. The lowest BCUT2D eigenvalue weighted by Crippen LogP contribution is -2.26. The maximum atomic E-state index is 12.4. The summed E-state index contributed by atoms with van der Waals surface area (Å²) in [6, 6.07) is 5.90. The summed E-state index contributed by atoms with van der Waals surface area (Å²) in [7, 11) is 1.78. The smallest absolute Gasteiger partial charge is 0.266 e. The second kappa shape index (κ2) is 7.77. The number of carbonyl (C=O) groups is 1. The summed E-state index contributed by atoms with van der Waals surface area (Å²) in [6.07, 6.45) is 0.835. The average Bonchev–Trinajstić information content (AvgIpc) is 2.91. The third-order valence-electron chi connectivity index (χ3n) is 3.96. The first-order valence-electron chi connectivity index (χ1n) is 7.44. The summed E-state index contributed by atoms with van der Waals surface area (Å²) in [5.41, 5.74) is 2.00. The molecule has 0 aliphatic rings. The molecule has 24 heavy (non-hydrogen) atoms. The first-order chi connectivity index (χ1) is 11.3. The number of amides is 1. The topological polar surface area (TPSA) is 77.0 Å². The zero-order chi connectivity index (χ0) is 17.9. The number of carbonyl (C=O) groups excluding carboxylic acids is 1. The van der Waals surface area contributed by atoms with Crippen LogP contribution < -0.4 is 5.56 Å². The van der Waals surface area contributed by atoms with E-state index in [-0.39, 0.29) is 17.0 Å². The number of nitrogens with one attached hydrogen (secondary N) is 1. The van der Waals surface area contributed by atoms with Crippen molar-refractivity contribution in [2.45, 2.75) is 33.2 Å². The lowest BCUT2D eigenvalue weighted by Gasteiger charge is -2.17. The van der Waals surface area contributed by atoms with Crippen LogP contribution in [0.15, 0.2) is 20.7 Å². The number of nitrogens with zero attached hydrogens (tertiary/aromatic N) is 2. The van der Waals surface area contributed by atoms with Crippen molar-refractivity contribution in [2.24, 2.45) is 0 Å². The number of nitriles is 1. The number of pyridine rings is 1. The standard InChI is InChI=1S/C17H18BrN3O2S/c1-10-13(11(2)20-17(23)14(10)8-19)5-7-16(22)21(3)9-12-4-6-15(18)24-12/h4,6H,5,7,9H2,1-3H3,(H,20,23). The molecule has 5 nitrogen and oxygen atoms in total. The van der Waals surface area contributed by atoms with Crippen LogP contribution in [0.1, 0.15) is 33.7 Å². The van der Waals surface area contributed by atoms with Gasteiger partial charge >= 0.3 is 0 Å². The van der Waals surface area contributed by atoms with E-state index >= 15 is 0 Å². The Hall–Kier alpha value is -1.91. The Labute approximate surface area is 153 Å². The van der Waals surface area contributed by atoms with E-state index in [0.717, 1.165) is 14.2 Å². The van der Waals surface area contributed by atoms with Gasteiger partial charge in [0.1, 0.15) is 11.6 Å². The molecule has 0 bridgehead atoms. The molecular formula is C17H18BrN3O2S. The molecule has 1 N–H and O–H groups in total. The molecule has 0 saturated heterocycles. The highest BCUT2D eigenvalue weighted by Gasteiger charge is 2.15. The second-order valence-corrected chi connectivity index (χ2v) is 8.17. The Balaban J connectivity index is 2.06. The van der Waals surface area contributed by atoms with Crippen molar-refractivity contribution in [3.8, 4) is 6.07 Å². The van der Waals surface area contributed by atoms with Gasteiger partial charge < -0.3 is 9.88 Å². The first-order valence-corrected chi connectivity index (χ1v) is 9.05. The molecule has 0 saturated carbocycles. The van der Waals surface area contributed by atoms with Gasteiger partial charge in [-0.25, -0.2) is 0 Å². The highest BCUT2D eigenvalue weighted by Crippen LogP contribution is 2.23. The molecule has 0 fully saturated rings. The largest absolute Gasteiger partial charge is 0.341 e. The number of hydrogen-bond acceptors (Lipinski definition) is 4. The summed E-state index contributed by atoms with van der Waals surface area (Å²) in [5.74, 6) is 0.0306. The second-order valence-electron chi connectivity index (χ2n) is 5.63. The van der Waals surface area contributed by atoms with Gasteiger partial charge in [0.15, 0.2) is 0 Å². The summed E-state index contributed by atoms with van der Waals surface area (Å²) in [6.45, 7) is 4.12. The number of halogens is 1. The van der Waals surface area contributed by atoms with Crippen LogP contribution in [0.3, 0.4) is 0 Å². The van der Waals surface area contributed by atoms with Crippen molar-refractivity contribution in [3.05, 3.63) is 53.5 Å². The molecule has 2 aromatic heterocycles. The van der Waals surface area contributed by atoms with Gasteiger partial charge in [0.25, 0.3) is 5.56 Å². The monoisotopic (exact) mass is 407 g/mol. The van der Waals surface area contributed by atoms with Crippen LogP contribution in [0.25, 0.3) is 0 Å². The quantitative estimate of drug-likeness (QED) is 0.825. The number of thiophene rings is 1. The summed E-state index contributed by atoms with van der Waals surface area (Å²) < 4.78 is 1.04. The van der Waals surface area contributed by atoms with Gasteiger partial charge in [0.05, 0.1) is 10.3 Å². The number of rotatable bonds is 5. The zero-order valence-corrected chi connectivity index (χ0v) is 16.2. The van der Waals surface area contributed by atoms with Crippen LogP contribution in [-0.2, 0) is 17.8 Å². The fourth-order valence-electron chi connectivity index (χ4n) is 2.60. The molecule has 0 radical (unpaired) electrons. The molecule has 126 valence electrons. The van der Waals surface area contributed by atoms with Crippen LogP contribution >= 0.6 is 27.3 Å². The van der Waals surface area contributed by atoms with E-state index < -0.39 is 0 Å². The van der Waals surface area contributed by atoms with Crippen LogP contribution in [0.4, 0.5) is 0 Å². The normalized spacial score (nSPS) is 10.5. The first kappa shape index (κ1) is 18.4. The molecule has 0 aliphatic heterocycles. The Morgan fingerprint density at radius 2 is 2.12 bits per heavy atom. The molecule has 0 aromatic carbocycles. The number of aryl methyl sites for hydroxylation is 1. The van der Waals surface area contributed by atoms with E-state index in [0.29, 0.717) is 30.6 Å². The van der Waals surface area contributed by atoms with E-state index in [4.69, 9.17) is 5.26 Å². The van der Waals surface area contributed by atoms with Crippen molar-refractivity contribution in [1.82, 2.24) is 9.88 Å². The zero-order valence-electron chi connectivity index (χ0n) is 13.8. The minimum absolute atomic E-state index is 0.0306. The third-order valence-corrected chi connectivity index (χ3v) is 5.57. The Morgan fingerprint density at radius 3 is 2.71 bits per heavy atom. The molecule has 2 rings (SSSR count). The molecule has 1 amide bonds. The molecule has 2 heterocycles. The van der Waals surface area contributed by atoms with Gasteiger partial charge in [-0.15, -0.1) is 11.3 Å². The van der Waals surface area contributed by atoms with Crippen molar-refractivity contribution >= 4 is 33.2 Å². The van der Waals surface area contributed by atoms with Crippen LogP contribution in [0.2, 0.25) is 0 Å². The average molecular weight is 408 g/mol.